The largest absolute Gasteiger partial charge is 0.466 e. The van der Waals surface area contributed by atoms with Gasteiger partial charge in [-0.2, -0.15) is 0 Å². The van der Waals surface area contributed by atoms with Crippen LogP contribution in [-0.4, -0.2) is 42.8 Å². The Kier molecular flexibility index (Phi) is 8.11. The molecule has 0 radical (unpaired) electrons. The molecule has 0 saturated carbocycles. The number of carbonyl (C=O) groups is 3. The summed E-state index contributed by atoms with van der Waals surface area (Å²) in [5.41, 5.74) is 1.25. The van der Waals surface area contributed by atoms with Gasteiger partial charge in [0.1, 0.15) is 6.61 Å². The summed E-state index contributed by atoms with van der Waals surface area (Å²) in [5, 5.41) is 0. The summed E-state index contributed by atoms with van der Waals surface area (Å²) in [7, 11) is 1.41. The van der Waals surface area contributed by atoms with Crippen LogP contribution in [0.3, 0.4) is 0 Å². The van der Waals surface area contributed by atoms with Gasteiger partial charge in [0, 0.05) is 31.5 Å². The van der Waals surface area contributed by atoms with Crippen molar-refractivity contribution in [2.45, 2.75) is 33.1 Å². The molecule has 1 atom stereocenters. The van der Waals surface area contributed by atoms with Crippen molar-refractivity contribution in [1.29, 1.82) is 0 Å². The van der Waals surface area contributed by atoms with Gasteiger partial charge in [0.2, 0.25) is 0 Å². The fraction of sp³-hybridized carbons (Fsp3) is 0.529. The van der Waals surface area contributed by atoms with Gasteiger partial charge >= 0.3 is 5.97 Å². The van der Waals surface area contributed by atoms with Crippen molar-refractivity contribution in [3.8, 4) is 0 Å². The van der Waals surface area contributed by atoms with Gasteiger partial charge in [0.25, 0.3) is 0 Å². The predicted molar refractivity (Wildman–Crippen MR) is 84.2 cm³/mol. The number of carbonyl (C=O) groups excluding carboxylic acids is 3. The van der Waals surface area contributed by atoms with Crippen LogP contribution in [0.25, 0.3) is 0 Å². The summed E-state index contributed by atoms with van der Waals surface area (Å²) in [6.45, 7) is 3.75. The van der Waals surface area contributed by atoms with E-state index in [4.69, 9.17) is 9.47 Å². The van der Waals surface area contributed by atoms with E-state index in [0.29, 0.717) is 18.6 Å². The lowest BCUT2D eigenvalue weighted by Crippen LogP contribution is -2.28. The Hall–Kier alpha value is -2.08. The van der Waals surface area contributed by atoms with Gasteiger partial charge < -0.3 is 9.47 Å². The molecule has 6 heteroatoms. The van der Waals surface area contributed by atoms with E-state index in [2.05, 4.69) is 4.98 Å². The van der Waals surface area contributed by atoms with Crippen LogP contribution >= 0.6 is 0 Å². The molecule has 1 rings (SSSR count). The van der Waals surface area contributed by atoms with Crippen molar-refractivity contribution in [2.75, 3.05) is 20.3 Å². The van der Waals surface area contributed by atoms with Gasteiger partial charge in [0.05, 0.1) is 12.5 Å². The van der Waals surface area contributed by atoms with Crippen LogP contribution in [0.2, 0.25) is 0 Å². The number of aromatic nitrogens is 1. The average Bonchev–Trinajstić information content (AvgIpc) is 2.51. The van der Waals surface area contributed by atoms with Gasteiger partial charge in [0.15, 0.2) is 11.6 Å². The highest BCUT2D eigenvalue weighted by Gasteiger charge is 2.27. The normalized spacial score (nSPS) is 11.8. The molecule has 0 fully saturated rings. The van der Waals surface area contributed by atoms with Crippen LogP contribution < -0.4 is 0 Å². The van der Waals surface area contributed by atoms with Crippen molar-refractivity contribution in [2.24, 2.45) is 5.92 Å². The smallest absolute Gasteiger partial charge is 0.305 e. The molecule has 0 aliphatic heterocycles. The van der Waals surface area contributed by atoms with Crippen LogP contribution in [-0.2, 0) is 19.1 Å². The molecule has 0 aromatic carbocycles. The Morgan fingerprint density at radius 2 is 2.00 bits per heavy atom. The second kappa shape index (κ2) is 9.84. The molecule has 0 amide bonds. The number of rotatable bonds is 10. The zero-order valence-electron chi connectivity index (χ0n) is 13.8. The molecule has 0 N–H and O–H groups in total. The molecule has 23 heavy (non-hydrogen) atoms. The van der Waals surface area contributed by atoms with E-state index in [1.807, 2.05) is 6.92 Å². The summed E-state index contributed by atoms with van der Waals surface area (Å²) in [5.74, 6) is -1.72. The highest BCUT2D eigenvalue weighted by Crippen LogP contribution is 2.18. The second-order valence-corrected chi connectivity index (χ2v) is 5.26. The molecule has 0 spiro atoms. The van der Waals surface area contributed by atoms with Gasteiger partial charge in [-0.1, -0.05) is 0 Å². The molecule has 0 bridgehead atoms. The zero-order valence-corrected chi connectivity index (χ0v) is 13.8. The lowest BCUT2D eigenvalue weighted by molar-refractivity contribution is -0.143. The number of hydrogen-bond donors (Lipinski definition) is 0. The van der Waals surface area contributed by atoms with Gasteiger partial charge in [-0.25, -0.2) is 0 Å². The third-order valence-electron chi connectivity index (χ3n) is 3.33. The minimum absolute atomic E-state index is 0.130. The maximum Gasteiger partial charge on any atom is 0.305 e. The first-order chi connectivity index (χ1) is 11.0. The Balaban J connectivity index is 2.77. The number of esters is 1. The van der Waals surface area contributed by atoms with E-state index in [0.717, 1.165) is 5.56 Å². The average molecular weight is 321 g/mol. The number of nitrogens with zero attached hydrogens (tertiary/aromatic N) is 1. The Morgan fingerprint density at radius 3 is 2.61 bits per heavy atom. The van der Waals surface area contributed by atoms with E-state index in [9.17, 15) is 14.4 Å². The minimum Gasteiger partial charge on any atom is -0.466 e. The van der Waals surface area contributed by atoms with Crippen LogP contribution in [0.1, 0.15) is 42.1 Å². The van der Waals surface area contributed by atoms with Crippen LogP contribution in [0.15, 0.2) is 18.5 Å². The SMILES string of the molecule is CCOC(=O)CCCC(C(=O)COC)C(=O)c1cncc(C)c1. The summed E-state index contributed by atoms with van der Waals surface area (Å²) >= 11 is 0. The van der Waals surface area contributed by atoms with E-state index >= 15 is 0 Å². The minimum atomic E-state index is -0.826. The third-order valence-corrected chi connectivity index (χ3v) is 3.33. The summed E-state index contributed by atoms with van der Waals surface area (Å²) in [4.78, 5) is 40.1. The molecule has 1 heterocycles. The predicted octanol–water partition coefficient (Wildman–Crippen LogP) is 2.14. The lowest BCUT2D eigenvalue weighted by Gasteiger charge is -2.14. The maximum absolute atomic E-state index is 12.6. The number of hydrogen-bond acceptors (Lipinski definition) is 6. The van der Waals surface area contributed by atoms with Crippen LogP contribution in [0.4, 0.5) is 0 Å². The van der Waals surface area contributed by atoms with Crippen molar-refractivity contribution < 1.29 is 23.9 Å². The van der Waals surface area contributed by atoms with Crippen molar-refractivity contribution in [3.63, 3.8) is 0 Å². The Morgan fingerprint density at radius 1 is 1.26 bits per heavy atom. The van der Waals surface area contributed by atoms with Gasteiger partial charge in [-0.15, -0.1) is 0 Å². The topological polar surface area (TPSA) is 82.6 Å². The number of aryl methyl sites for hydroxylation is 1. The molecule has 0 aliphatic rings. The summed E-state index contributed by atoms with van der Waals surface area (Å²) in [6.07, 6.45) is 3.97. The van der Waals surface area contributed by atoms with Crippen LogP contribution in [0, 0.1) is 12.8 Å². The highest BCUT2D eigenvalue weighted by molar-refractivity contribution is 6.10. The maximum atomic E-state index is 12.6. The van der Waals surface area contributed by atoms with E-state index < -0.39 is 5.92 Å². The molecule has 6 nitrogen and oxygen atoms in total. The molecular weight excluding hydrogens is 298 g/mol. The summed E-state index contributed by atoms with van der Waals surface area (Å²) in [6, 6.07) is 1.70. The van der Waals surface area contributed by atoms with Crippen molar-refractivity contribution >= 4 is 17.5 Å². The second-order valence-electron chi connectivity index (χ2n) is 5.26. The standard InChI is InChI=1S/C17H23NO5/c1-4-23-16(20)7-5-6-14(15(19)11-22-3)17(21)13-8-12(2)9-18-10-13/h8-10,14H,4-7,11H2,1-3H3. The van der Waals surface area contributed by atoms with Gasteiger partial charge in [-0.3, -0.25) is 19.4 Å². The van der Waals surface area contributed by atoms with Crippen molar-refractivity contribution in [3.05, 3.63) is 29.6 Å². The van der Waals surface area contributed by atoms with E-state index in [1.165, 1.54) is 13.3 Å². The third kappa shape index (κ3) is 6.28. The molecule has 1 aromatic heterocycles. The van der Waals surface area contributed by atoms with E-state index in [-0.39, 0.29) is 37.0 Å². The molecule has 1 unspecified atom stereocenters. The van der Waals surface area contributed by atoms with Crippen molar-refractivity contribution in [1.82, 2.24) is 4.98 Å². The van der Waals surface area contributed by atoms with E-state index in [1.54, 1.807) is 19.2 Å². The fourth-order valence-corrected chi connectivity index (χ4v) is 2.26. The first kappa shape index (κ1) is 19.0. The monoisotopic (exact) mass is 321 g/mol. The van der Waals surface area contributed by atoms with Crippen LogP contribution in [0.5, 0.6) is 0 Å². The molecule has 126 valence electrons. The number of pyridine rings is 1. The number of ether oxygens (including phenoxy) is 2. The fourth-order valence-electron chi connectivity index (χ4n) is 2.26. The Bertz CT molecular complexity index is 556. The molecule has 0 aliphatic carbocycles. The highest BCUT2D eigenvalue weighted by atomic mass is 16.5. The Labute approximate surface area is 136 Å². The summed E-state index contributed by atoms with van der Waals surface area (Å²) < 4.78 is 9.70. The number of Topliss-reactive ketones (excluding diaryl/α,β-unsaturated/α-hetero) is 2. The number of ketones is 2. The molecular formula is C17H23NO5. The first-order valence-electron chi connectivity index (χ1n) is 7.62. The van der Waals surface area contributed by atoms with Gasteiger partial charge in [-0.05, 0) is 38.3 Å². The zero-order chi connectivity index (χ0) is 17.2. The number of methoxy groups -OCH3 is 1. The molecule has 1 aromatic rings. The quantitative estimate of drug-likeness (QED) is 0.373. The first-order valence-corrected chi connectivity index (χ1v) is 7.62. The molecule has 0 saturated heterocycles. The lowest BCUT2D eigenvalue weighted by atomic mass is 9.89.